The Morgan fingerprint density at radius 3 is 2.73 bits per heavy atom. The SMILES string of the molecule is Cc1ccccc1-c1nc(C#N)c(Cl)s1. The maximum Gasteiger partial charge on any atom is 0.170 e. The zero-order valence-electron chi connectivity index (χ0n) is 7.99. The maximum atomic E-state index is 8.76. The molecule has 0 aliphatic heterocycles. The van der Waals surface area contributed by atoms with Gasteiger partial charge in [-0.3, -0.25) is 0 Å². The molecule has 0 unspecified atom stereocenters. The largest absolute Gasteiger partial charge is 0.224 e. The number of nitrogens with zero attached hydrogens (tertiary/aromatic N) is 2. The summed E-state index contributed by atoms with van der Waals surface area (Å²) in [5, 5.41) is 9.56. The molecule has 0 fully saturated rings. The molecule has 1 heterocycles. The molecular weight excluding hydrogens is 228 g/mol. The summed E-state index contributed by atoms with van der Waals surface area (Å²) in [7, 11) is 0. The van der Waals surface area contributed by atoms with Gasteiger partial charge in [0.2, 0.25) is 0 Å². The minimum absolute atomic E-state index is 0.305. The van der Waals surface area contributed by atoms with Gasteiger partial charge in [-0.05, 0) is 12.5 Å². The van der Waals surface area contributed by atoms with E-state index in [4.69, 9.17) is 16.9 Å². The van der Waals surface area contributed by atoms with Crippen molar-refractivity contribution in [3.8, 4) is 16.6 Å². The van der Waals surface area contributed by atoms with E-state index in [0.717, 1.165) is 16.1 Å². The number of aryl methyl sites for hydroxylation is 1. The maximum absolute atomic E-state index is 8.76. The molecule has 0 aliphatic rings. The van der Waals surface area contributed by atoms with Gasteiger partial charge in [-0.1, -0.05) is 35.9 Å². The van der Waals surface area contributed by atoms with Crippen LogP contribution in [0.15, 0.2) is 24.3 Å². The van der Waals surface area contributed by atoms with Gasteiger partial charge in [-0.15, -0.1) is 11.3 Å². The molecule has 0 aliphatic carbocycles. The fourth-order valence-corrected chi connectivity index (χ4v) is 2.44. The highest BCUT2D eigenvalue weighted by molar-refractivity contribution is 7.19. The first-order valence-electron chi connectivity index (χ1n) is 4.35. The molecule has 0 bridgehead atoms. The Labute approximate surface area is 96.8 Å². The molecule has 1 aromatic heterocycles. The molecular formula is C11H7ClN2S. The molecule has 0 saturated carbocycles. The Balaban J connectivity index is 2.56. The smallest absolute Gasteiger partial charge is 0.170 e. The van der Waals surface area contributed by atoms with E-state index in [0.29, 0.717) is 10.0 Å². The predicted octanol–water partition coefficient (Wildman–Crippen LogP) is 3.64. The second-order valence-electron chi connectivity index (χ2n) is 3.07. The highest BCUT2D eigenvalue weighted by Crippen LogP contribution is 2.32. The molecule has 2 rings (SSSR count). The lowest BCUT2D eigenvalue weighted by molar-refractivity contribution is 1.32. The van der Waals surface area contributed by atoms with E-state index in [2.05, 4.69) is 4.98 Å². The van der Waals surface area contributed by atoms with Crippen LogP contribution in [0.5, 0.6) is 0 Å². The summed E-state index contributed by atoms with van der Waals surface area (Å²) in [5.41, 5.74) is 2.47. The number of nitriles is 1. The van der Waals surface area contributed by atoms with Crippen LogP contribution in [-0.4, -0.2) is 4.98 Å². The van der Waals surface area contributed by atoms with Crippen molar-refractivity contribution in [3.05, 3.63) is 39.9 Å². The van der Waals surface area contributed by atoms with Gasteiger partial charge >= 0.3 is 0 Å². The van der Waals surface area contributed by atoms with E-state index < -0.39 is 0 Å². The van der Waals surface area contributed by atoms with Crippen LogP contribution in [0.3, 0.4) is 0 Å². The summed E-state index contributed by atoms with van der Waals surface area (Å²) in [5.74, 6) is 0. The summed E-state index contributed by atoms with van der Waals surface area (Å²) in [6.07, 6.45) is 0. The summed E-state index contributed by atoms with van der Waals surface area (Å²) in [4.78, 5) is 4.18. The third kappa shape index (κ3) is 1.87. The van der Waals surface area contributed by atoms with Gasteiger partial charge in [0.25, 0.3) is 0 Å². The Hall–Kier alpha value is -1.37. The second-order valence-corrected chi connectivity index (χ2v) is 4.67. The van der Waals surface area contributed by atoms with E-state index in [1.54, 1.807) is 0 Å². The molecule has 0 spiro atoms. The molecule has 0 amide bonds. The minimum atomic E-state index is 0.305. The molecule has 0 radical (unpaired) electrons. The number of hydrogen-bond acceptors (Lipinski definition) is 3. The third-order valence-electron chi connectivity index (χ3n) is 2.07. The van der Waals surface area contributed by atoms with E-state index in [1.165, 1.54) is 11.3 Å². The summed E-state index contributed by atoms with van der Waals surface area (Å²) in [6, 6.07) is 9.88. The molecule has 2 nitrogen and oxygen atoms in total. The zero-order chi connectivity index (χ0) is 10.8. The van der Waals surface area contributed by atoms with Gasteiger partial charge in [-0.2, -0.15) is 5.26 Å². The number of halogens is 1. The first-order valence-corrected chi connectivity index (χ1v) is 5.54. The number of aromatic nitrogens is 1. The lowest BCUT2D eigenvalue weighted by Crippen LogP contribution is -1.81. The van der Waals surface area contributed by atoms with Gasteiger partial charge < -0.3 is 0 Å². The average molecular weight is 235 g/mol. The van der Waals surface area contributed by atoms with Crippen molar-refractivity contribution >= 4 is 22.9 Å². The lowest BCUT2D eigenvalue weighted by atomic mass is 10.1. The van der Waals surface area contributed by atoms with Crippen molar-refractivity contribution in [3.63, 3.8) is 0 Å². The Morgan fingerprint density at radius 2 is 2.13 bits per heavy atom. The molecule has 0 atom stereocenters. The van der Waals surface area contributed by atoms with Crippen LogP contribution in [0.1, 0.15) is 11.3 Å². The van der Waals surface area contributed by atoms with E-state index in [1.807, 2.05) is 37.3 Å². The van der Waals surface area contributed by atoms with Crippen molar-refractivity contribution in [1.82, 2.24) is 4.98 Å². The van der Waals surface area contributed by atoms with Crippen LogP contribution in [0.4, 0.5) is 0 Å². The highest BCUT2D eigenvalue weighted by atomic mass is 35.5. The van der Waals surface area contributed by atoms with Gasteiger partial charge in [0, 0.05) is 5.56 Å². The molecule has 1 aromatic carbocycles. The number of thiazole rings is 1. The van der Waals surface area contributed by atoms with E-state index in [9.17, 15) is 0 Å². The van der Waals surface area contributed by atoms with Crippen molar-refractivity contribution in [1.29, 1.82) is 5.26 Å². The highest BCUT2D eigenvalue weighted by Gasteiger charge is 2.11. The van der Waals surface area contributed by atoms with Crippen LogP contribution in [0.25, 0.3) is 10.6 Å². The summed E-state index contributed by atoms with van der Waals surface area (Å²) < 4.78 is 0.454. The monoisotopic (exact) mass is 234 g/mol. The topological polar surface area (TPSA) is 36.7 Å². The Bertz CT molecular complexity index is 540. The molecule has 74 valence electrons. The molecule has 15 heavy (non-hydrogen) atoms. The van der Waals surface area contributed by atoms with Crippen molar-refractivity contribution < 1.29 is 0 Å². The van der Waals surface area contributed by atoms with E-state index >= 15 is 0 Å². The number of hydrogen-bond donors (Lipinski definition) is 0. The normalized spacial score (nSPS) is 9.93. The summed E-state index contributed by atoms with van der Waals surface area (Å²) in [6.45, 7) is 2.01. The summed E-state index contributed by atoms with van der Waals surface area (Å²) >= 11 is 7.22. The quantitative estimate of drug-likeness (QED) is 0.755. The fourth-order valence-electron chi connectivity index (χ4n) is 1.30. The van der Waals surface area contributed by atoms with Crippen LogP contribution in [0.2, 0.25) is 4.34 Å². The molecule has 0 saturated heterocycles. The van der Waals surface area contributed by atoms with Crippen molar-refractivity contribution in [2.45, 2.75) is 6.92 Å². The number of benzene rings is 1. The standard InChI is InChI=1S/C11H7ClN2S/c1-7-4-2-3-5-8(7)11-14-9(6-13)10(12)15-11/h2-5H,1H3. The zero-order valence-corrected chi connectivity index (χ0v) is 9.56. The van der Waals surface area contributed by atoms with Gasteiger partial charge in [-0.25, -0.2) is 4.98 Å². The van der Waals surface area contributed by atoms with Gasteiger partial charge in [0.1, 0.15) is 15.4 Å². The predicted molar refractivity (Wildman–Crippen MR) is 62.0 cm³/mol. The van der Waals surface area contributed by atoms with Crippen molar-refractivity contribution in [2.75, 3.05) is 0 Å². The Kier molecular flexibility index (Phi) is 2.72. The average Bonchev–Trinajstić information content (AvgIpc) is 2.60. The third-order valence-corrected chi connectivity index (χ3v) is 3.35. The van der Waals surface area contributed by atoms with Crippen molar-refractivity contribution in [2.24, 2.45) is 0 Å². The van der Waals surface area contributed by atoms with E-state index in [-0.39, 0.29) is 0 Å². The van der Waals surface area contributed by atoms with Gasteiger partial charge in [0.15, 0.2) is 5.69 Å². The second kappa shape index (κ2) is 4.01. The van der Waals surface area contributed by atoms with Crippen LogP contribution in [0, 0.1) is 18.3 Å². The molecule has 4 heteroatoms. The first kappa shape index (κ1) is 10.2. The van der Waals surface area contributed by atoms with Crippen LogP contribution in [-0.2, 0) is 0 Å². The minimum Gasteiger partial charge on any atom is -0.224 e. The van der Waals surface area contributed by atoms with Crippen LogP contribution < -0.4 is 0 Å². The van der Waals surface area contributed by atoms with Crippen LogP contribution >= 0.6 is 22.9 Å². The fraction of sp³-hybridized carbons (Fsp3) is 0.0909. The number of rotatable bonds is 1. The first-order chi connectivity index (χ1) is 7.22. The van der Waals surface area contributed by atoms with Gasteiger partial charge in [0.05, 0.1) is 0 Å². The lowest BCUT2D eigenvalue weighted by Gasteiger charge is -1.99. The Morgan fingerprint density at radius 1 is 1.40 bits per heavy atom. The molecule has 0 N–H and O–H groups in total. The molecule has 2 aromatic rings.